The van der Waals surface area contributed by atoms with Gasteiger partial charge in [0.1, 0.15) is 11.6 Å². The highest BCUT2D eigenvalue weighted by Gasteiger charge is 2.03. The third-order valence-electron chi connectivity index (χ3n) is 3.67. The maximum Gasteiger partial charge on any atom is 0.123 e. The van der Waals surface area contributed by atoms with E-state index in [1.165, 1.54) is 12.1 Å². The fraction of sp³-hybridized carbons (Fsp3) is 0.0500. The highest BCUT2D eigenvalue weighted by atomic mass is 19.1. The summed E-state index contributed by atoms with van der Waals surface area (Å²) in [6.45, 7) is 0. The lowest BCUT2D eigenvalue weighted by Crippen LogP contribution is -1.90. The third kappa shape index (κ3) is 3.36. The molecule has 0 saturated carbocycles. The van der Waals surface area contributed by atoms with Crippen LogP contribution in [0.3, 0.4) is 0 Å². The van der Waals surface area contributed by atoms with Crippen molar-refractivity contribution in [2.45, 2.75) is 0 Å². The zero-order valence-electron chi connectivity index (χ0n) is 13.1. The summed E-state index contributed by atoms with van der Waals surface area (Å²) < 4.78 is 20.1. The van der Waals surface area contributed by atoms with E-state index in [1.807, 2.05) is 47.3 Å². The average Bonchev–Trinajstić information content (AvgIpc) is 3.09. The number of halogens is 1. The summed E-state index contributed by atoms with van der Waals surface area (Å²) >= 11 is 0. The van der Waals surface area contributed by atoms with Gasteiger partial charge < -0.3 is 9.30 Å². The van der Waals surface area contributed by atoms with Crippen LogP contribution in [-0.4, -0.2) is 11.7 Å². The Morgan fingerprint density at radius 1 is 1.08 bits per heavy atom. The van der Waals surface area contributed by atoms with Crippen LogP contribution in [0.2, 0.25) is 0 Å². The lowest BCUT2D eigenvalue weighted by atomic mass is 10.1. The topological polar surface area (TPSA) is 38.0 Å². The quantitative estimate of drug-likeness (QED) is 0.655. The van der Waals surface area contributed by atoms with Gasteiger partial charge in [0.25, 0.3) is 0 Å². The molecule has 3 rings (SSSR count). The van der Waals surface area contributed by atoms with Crippen LogP contribution in [0.1, 0.15) is 11.1 Å². The summed E-state index contributed by atoms with van der Waals surface area (Å²) in [6, 6.07) is 17.7. The maximum absolute atomic E-state index is 13.0. The number of hydrogen-bond acceptors (Lipinski definition) is 2. The number of ether oxygens (including phenoxy) is 1. The van der Waals surface area contributed by atoms with E-state index in [0.717, 1.165) is 17.0 Å². The molecule has 0 aliphatic rings. The largest absolute Gasteiger partial charge is 0.497 e. The van der Waals surface area contributed by atoms with Crippen molar-refractivity contribution in [1.82, 2.24) is 4.57 Å². The zero-order valence-corrected chi connectivity index (χ0v) is 13.1. The SMILES string of the molecule is COc1ccc(-n2ccc(/C=C(\C#N)c3ccc(F)cc3)c2)cc1. The third-order valence-corrected chi connectivity index (χ3v) is 3.67. The van der Waals surface area contributed by atoms with Crippen LogP contribution in [0.25, 0.3) is 17.3 Å². The molecule has 0 aliphatic heterocycles. The van der Waals surface area contributed by atoms with Crippen LogP contribution >= 0.6 is 0 Å². The predicted octanol–water partition coefficient (Wildman–Crippen LogP) is 4.69. The Labute approximate surface area is 139 Å². The van der Waals surface area contributed by atoms with E-state index < -0.39 is 0 Å². The van der Waals surface area contributed by atoms with Gasteiger partial charge >= 0.3 is 0 Å². The van der Waals surface area contributed by atoms with Crippen LogP contribution in [-0.2, 0) is 0 Å². The first kappa shape index (κ1) is 15.6. The molecule has 0 bridgehead atoms. The Morgan fingerprint density at radius 3 is 2.42 bits per heavy atom. The lowest BCUT2D eigenvalue weighted by molar-refractivity contribution is 0.415. The minimum Gasteiger partial charge on any atom is -0.497 e. The Hall–Kier alpha value is -3.32. The van der Waals surface area contributed by atoms with E-state index in [2.05, 4.69) is 6.07 Å². The molecule has 0 atom stereocenters. The fourth-order valence-corrected chi connectivity index (χ4v) is 2.39. The number of nitriles is 1. The van der Waals surface area contributed by atoms with Crippen molar-refractivity contribution < 1.29 is 9.13 Å². The van der Waals surface area contributed by atoms with E-state index in [-0.39, 0.29) is 5.82 Å². The van der Waals surface area contributed by atoms with Crippen molar-refractivity contribution in [1.29, 1.82) is 5.26 Å². The van der Waals surface area contributed by atoms with Crippen molar-refractivity contribution in [2.24, 2.45) is 0 Å². The molecule has 3 aromatic rings. The molecule has 3 nitrogen and oxygen atoms in total. The number of rotatable bonds is 4. The fourth-order valence-electron chi connectivity index (χ4n) is 2.39. The predicted molar refractivity (Wildman–Crippen MR) is 92.2 cm³/mol. The molecule has 0 fully saturated rings. The second-order valence-electron chi connectivity index (χ2n) is 5.23. The molecule has 0 radical (unpaired) electrons. The highest BCUT2D eigenvalue weighted by Crippen LogP contribution is 2.20. The van der Waals surface area contributed by atoms with Gasteiger partial charge in [-0.05, 0) is 59.7 Å². The number of hydrogen-bond donors (Lipinski definition) is 0. The van der Waals surface area contributed by atoms with Gasteiger partial charge in [0.15, 0.2) is 0 Å². The summed E-state index contributed by atoms with van der Waals surface area (Å²) in [5.41, 5.74) is 3.07. The van der Waals surface area contributed by atoms with Crippen LogP contribution in [0, 0.1) is 17.1 Å². The molecule has 0 aliphatic carbocycles. The molecular weight excluding hydrogens is 303 g/mol. The number of allylic oxidation sites excluding steroid dienone is 1. The van der Waals surface area contributed by atoms with Gasteiger partial charge in [-0.1, -0.05) is 12.1 Å². The summed E-state index contributed by atoms with van der Waals surface area (Å²) in [5.74, 6) is 0.482. The van der Waals surface area contributed by atoms with E-state index >= 15 is 0 Å². The van der Waals surface area contributed by atoms with Gasteiger partial charge in [-0.3, -0.25) is 0 Å². The van der Waals surface area contributed by atoms with Crippen molar-refractivity contribution in [3.8, 4) is 17.5 Å². The second kappa shape index (κ2) is 6.84. The Kier molecular flexibility index (Phi) is 4.44. The number of aromatic nitrogens is 1. The molecule has 4 heteroatoms. The molecule has 24 heavy (non-hydrogen) atoms. The van der Waals surface area contributed by atoms with E-state index in [0.29, 0.717) is 11.1 Å². The molecule has 2 aromatic carbocycles. The molecule has 1 heterocycles. The number of nitrogens with zero attached hydrogens (tertiary/aromatic N) is 2. The van der Waals surface area contributed by atoms with Crippen LogP contribution < -0.4 is 4.74 Å². The lowest BCUT2D eigenvalue weighted by Gasteiger charge is -2.04. The first-order valence-corrected chi connectivity index (χ1v) is 7.40. The smallest absolute Gasteiger partial charge is 0.123 e. The van der Waals surface area contributed by atoms with Gasteiger partial charge in [0.2, 0.25) is 0 Å². The van der Waals surface area contributed by atoms with Crippen LogP contribution in [0.15, 0.2) is 67.0 Å². The second-order valence-corrected chi connectivity index (χ2v) is 5.23. The van der Waals surface area contributed by atoms with E-state index in [1.54, 1.807) is 25.3 Å². The Morgan fingerprint density at radius 2 is 1.79 bits per heavy atom. The van der Waals surface area contributed by atoms with Crippen molar-refractivity contribution >= 4 is 11.6 Å². The monoisotopic (exact) mass is 318 g/mol. The van der Waals surface area contributed by atoms with Crippen molar-refractivity contribution in [3.63, 3.8) is 0 Å². The van der Waals surface area contributed by atoms with Crippen LogP contribution in [0.5, 0.6) is 5.75 Å². The van der Waals surface area contributed by atoms with Gasteiger partial charge in [-0.15, -0.1) is 0 Å². The van der Waals surface area contributed by atoms with Crippen LogP contribution in [0.4, 0.5) is 4.39 Å². The summed E-state index contributed by atoms with van der Waals surface area (Å²) in [6.07, 6.45) is 5.64. The number of benzene rings is 2. The zero-order chi connectivity index (χ0) is 16.9. The number of methoxy groups -OCH3 is 1. The van der Waals surface area contributed by atoms with Gasteiger partial charge in [0, 0.05) is 18.1 Å². The van der Waals surface area contributed by atoms with Gasteiger partial charge in [-0.2, -0.15) is 5.26 Å². The Balaban J connectivity index is 1.88. The minimum absolute atomic E-state index is 0.318. The molecule has 118 valence electrons. The first-order valence-electron chi connectivity index (χ1n) is 7.40. The molecule has 0 spiro atoms. The van der Waals surface area contributed by atoms with Crippen molar-refractivity contribution in [2.75, 3.05) is 7.11 Å². The average molecular weight is 318 g/mol. The molecule has 1 aromatic heterocycles. The molecule has 0 unspecified atom stereocenters. The molecular formula is C20H15FN2O. The summed E-state index contributed by atoms with van der Waals surface area (Å²) in [7, 11) is 1.63. The Bertz CT molecular complexity index is 900. The maximum atomic E-state index is 13.0. The highest BCUT2D eigenvalue weighted by molar-refractivity contribution is 5.89. The molecule has 0 saturated heterocycles. The van der Waals surface area contributed by atoms with Gasteiger partial charge in [-0.25, -0.2) is 4.39 Å². The summed E-state index contributed by atoms with van der Waals surface area (Å²) in [4.78, 5) is 0. The summed E-state index contributed by atoms with van der Waals surface area (Å²) in [5, 5.41) is 9.36. The van der Waals surface area contributed by atoms with E-state index in [9.17, 15) is 9.65 Å². The van der Waals surface area contributed by atoms with E-state index in [4.69, 9.17) is 4.74 Å². The van der Waals surface area contributed by atoms with Crippen molar-refractivity contribution in [3.05, 3.63) is 83.9 Å². The normalized spacial score (nSPS) is 11.1. The first-order chi connectivity index (χ1) is 11.7. The van der Waals surface area contributed by atoms with Gasteiger partial charge in [0.05, 0.1) is 18.8 Å². The molecule has 0 amide bonds. The minimum atomic E-state index is -0.318. The standard InChI is InChI=1S/C20H15FN2O/c1-24-20-8-6-19(7-9-20)23-11-10-15(14-23)12-17(13-22)16-2-4-18(21)5-3-16/h2-12,14H,1H3/b17-12+. The molecule has 0 N–H and O–H groups in total.